The van der Waals surface area contributed by atoms with Crippen LogP contribution in [-0.4, -0.2) is 22.2 Å². The third kappa shape index (κ3) is 4.20. The van der Waals surface area contributed by atoms with Crippen molar-refractivity contribution in [2.45, 2.75) is 51.9 Å². The zero-order valence-corrected chi connectivity index (χ0v) is 13.6. The summed E-state index contributed by atoms with van der Waals surface area (Å²) < 4.78 is 5.67. The molecule has 5 heteroatoms. The molecule has 1 aliphatic carbocycles. The van der Waals surface area contributed by atoms with Crippen LogP contribution >= 0.6 is 0 Å². The van der Waals surface area contributed by atoms with Gasteiger partial charge in [-0.05, 0) is 43.9 Å². The summed E-state index contributed by atoms with van der Waals surface area (Å²) in [5.41, 5.74) is 3.70. The number of carbonyl (C=O) groups excluding carboxylic acids is 1. The Kier molecular flexibility index (Phi) is 4.76. The summed E-state index contributed by atoms with van der Waals surface area (Å²) in [7, 11) is 0. The van der Waals surface area contributed by atoms with E-state index in [4.69, 9.17) is 4.74 Å². The van der Waals surface area contributed by atoms with Gasteiger partial charge in [0.05, 0.1) is 12.7 Å². The molecule has 1 amide bonds. The van der Waals surface area contributed by atoms with Crippen molar-refractivity contribution in [2.24, 2.45) is 0 Å². The maximum absolute atomic E-state index is 12.2. The number of hydrogen-bond acceptors (Lipinski definition) is 3. The molecule has 1 heterocycles. The fraction of sp³-hybridized carbons (Fsp3) is 0.444. The number of H-pyrrole nitrogens is 1. The van der Waals surface area contributed by atoms with Crippen molar-refractivity contribution in [3.8, 4) is 0 Å². The van der Waals surface area contributed by atoms with Gasteiger partial charge in [0, 0.05) is 18.2 Å². The number of benzene rings is 1. The first-order valence-corrected chi connectivity index (χ1v) is 8.15. The van der Waals surface area contributed by atoms with Gasteiger partial charge < -0.3 is 10.1 Å². The first-order valence-electron chi connectivity index (χ1n) is 8.15. The summed E-state index contributed by atoms with van der Waals surface area (Å²) in [4.78, 5) is 12.2. The van der Waals surface area contributed by atoms with Crippen molar-refractivity contribution in [1.82, 2.24) is 15.5 Å². The van der Waals surface area contributed by atoms with Crippen LogP contribution in [0.2, 0.25) is 0 Å². The van der Waals surface area contributed by atoms with Crippen molar-refractivity contribution in [2.75, 3.05) is 0 Å². The standard InChI is InChI=1S/C18H23N3O2/c1-12(2)23-11-15-6-4-3-5-14(15)10-19-18(22)17-9-16(20-21-17)13-7-8-13/h3-6,9,12-13H,7-8,10-11H2,1-2H3,(H,19,22)(H,20,21). The van der Waals surface area contributed by atoms with Crippen LogP contribution in [0.4, 0.5) is 0 Å². The molecular formula is C18H23N3O2. The summed E-state index contributed by atoms with van der Waals surface area (Å²) in [6, 6.07) is 9.87. The average molecular weight is 313 g/mol. The van der Waals surface area contributed by atoms with E-state index >= 15 is 0 Å². The molecule has 1 aromatic carbocycles. The van der Waals surface area contributed by atoms with Gasteiger partial charge >= 0.3 is 0 Å². The first kappa shape index (κ1) is 15.7. The van der Waals surface area contributed by atoms with Gasteiger partial charge in [0.25, 0.3) is 5.91 Å². The van der Waals surface area contributed by atoms with Crippen LogP contribution in [0.25, 0.3) is 0 Å². The van der Waals surface area contributed by atoms with Gasteiger partial charge in [0.2, 0.25) is 0 Å². The van der Waals surface area contributed by atoms with E-state index in [1.165, 1.54) is 12.8 Å². The van der Waals surface area contributed by atoms with Gasteiger partial charge in [0.15, 0.2) is 0 Å². The Labute approximate surface area is 136 Å². The van der Waals surface area contributed by atoms with Crippen molar-refractivity contribution < 1.29 is 9.53 Å². The zero-order valence-electron chi connectivity index (χ0n) is 13.6. The van der Waals surface area contributed by atoms with Crippen molar-refractivity contribution in [1.29, 1.82) is 0 Å². The van der Waals surface area contributed by atoms with E-state index in [1.807, 2.05) is 44.2 Å². The van der Waals surface area contributed by atoms with E-state index in [1.54, 1.807) is 0 Å². The predicted molar refractivity (Wildman–Crippen MR) is 88.1 cm³/mol. The number of aromatic nitrogens is 2. The number of aromatic amines is 1. The Hall–Kier alpha value is -2.14. The lowest BCUT2D eigenvalue weighted by Gasteiger charge is -2.12. The number of nitrogens with one attached hydrogen (secondary N) is 2. The van der Waals surface area contributed by atoms with Gasteiger partial charge in [-0.1, -0.05) is 24.3 Å². The molecule has 3 rings (SSSR count). The molecular weight excluding hydrogens is 290 g/mol. The van der Waals surface area contributed by atoms with Gasteiger partial charge in [-0.25, -0.2) is 0 Å². The second-order valence-corrected chi connectivity index (χ2v) is 6.29. The molecule has 0 bridgehead atoms. The minimum absolute atomic E-state index is 0.146. The molecule has 2 aromatic rings. The highest BCUT2D eigenvalue weighted by molar-refractivity contribution is 5.92. The fourth-order valence-corrected chi connectivity index (χ4v) is 2.45. The molecule has 122 valence electrons. The number of carbonyl (C=O) groups is 1. The minimum atomic E-state index is -0.146. The monoisotopic (exact) mass is 313 g/mol. The second kappa shape index (κ2) is 6.96. The maximum Gasteiger partial charge on any atom is 0.272 e. The first-order chi connectivity index (χ1) is 11.1. The Morgan fingerprint density at radius 2 is 2.09 bits per heavy atom. The van der Waals surface area contributed by atoms with E-state index in [0.717, 1.165) is 16.8 Å². The van der Waals surface area contributed by atoms with Crippen LogP contribution < -0.4 is 5.32 Å². The van der Waals surface area contributed by atoms with Crippen LogP contribution in [0.1, 0.15) is 59.9 Å². The van der Waals surface area contributed by atoms with Crippen molar-refractivity contribution in [3.05, 3.63) is 52.8 Å². The zero-order chi connectivity index (χ0) is 16.2. The van der Waals surface area contributed by atoms with Crippen LogP contribution in [0.3, 0.4) is 0 Å². The van der Waals surface area contributed by atoms with Crippen LogP contribution in [0.15, 0.2) is 30.3 Å². The molecule has 23 heavy (non-hydrogen) atoms. The number of rotatable bonds is 7. The van der Waals surface area contributed by atoms with Gasteiger partial charge in [-0.15, -0.1) is 0 Å². The lowest BCUT2D eigenvalue weighted by molar-refractivity contribution is 0.0651. The van der Waals surface area contributed by atoms with E-state index in [9.17, 15) is 4.79 Å². The molecule has 0 radical (unpaired) electrons. The molecule has 0 aliphatic heterocycles. The average Bonchev–Trinajstić information content (AvgIpc) is 3.28. The number of hydrogen-bond donors (Lipinski definition) is 2. The highest BCUT2D eigenvalue weighted by atomic mass is 16.5. The van der Waals surface area contributed by atoms with E-state index < -0.39 is 0 Å². The van der Waals surface area contributed by atoms with Gasteiger partial charge in [-0.3, -0.25) is 9.89 Å². The Morgan fingerprint density at radius 1 is 1.35 bits per heavy atom. The quantitative estimate of drug-likeness (QED) is 0.825. The number of amides is 1. The fourth-order valence-electron chi connectivity index (χ4n) is 2.45. The molecule has 0 spiro atoms. The van der Waals surface area contributed by atoms with E-state index in [0.29, 0.717) is 24.8 Å². The van der Waals surface area contributed by atoms with Crippen LogP contribution in [0.5, 0.6) is 0 Å². The number of nitrogens with zero attached hydrogens (tertiary/aromatic N) is 1. The molecule has 1 saturated carbocycles. The molecule has 2 N–H and O–H groups in total. The van der Waals surface area contributed by atoms with Gasteiger partial charge in [-0.2, -0.15) is 5.10 Å². The minimum Gasteiger partial charge on any atom is -0.374 e. The van der Waals surface area contributed by atoms with Crippen LogP contribution in [-0.2, 0) is 17.9 Å². The SMILES string of the molecule is CC(C)OCc1ccccc1CNC(=O)c1cc(C2CC2)[nH]n1. The van der Waals surface area contributed by atoms with Crippen molar-refractivity contribution in [3.63, 3.8) is 0 Å². The molecule has 1 aliphatic rings. The normalized spacial score (nSPS) is 14.2. The molecule has 0 unspecified atom stereocenters. The Morgan fingerprint density at radius 3 is 2.78 bits per heavy atom. The third-order valence-electron chi connectivity index (χ3n) is 3.98. The molecule has 5 nitrogen and oxygen atoms in total. The molecule has 1 aromatic heterocycles. The summed E-state index contributed by atoms with van der Waals surface area (Å²) >= 11 is 0. The Bertz CT molecular complexity index is 674. The van der Waals surface area contributed by atoms with E-state index in [2.05, 4.69) is 15.5 Å². The lowest BCUT2D eigenvalue weighted by Crippen LogP contribution is -2.24. The summed E-state index contributed by atoms with van der Waals surface area (Å²) in [5.74, 6) is 0.422. The number of ether oxygens (including phenoxy) is 1. The second-order valence-electron chi connectivity index (χ2n) is 6.29. The molecule has 1 fully saturated rings. The maximum atomic E-state index is 12.2. The summed E-state index contributed by atoms with van der Waals surface area (Å²) in [5, 5.41) is 10.0. The van der Waals surface area contributed by atoms with Crippen LogP contribution in [0, 0.1) is 0 Å². The summed E-state index contributed by atoms with van der Waals surface area (Å²) in [6.45, 7) is 5.05. The largest absolute Gasteiger partial charge is 0.374 e. The smallest absolute Gasteiger partial charge is 0.272 e. The van der Waals surface area contributed by atoms with Crippen molar-refractivity contribution >= 4 is 5.91 Å². The van der Waals surface area contributed by atoms with E-state index in [-0.39, 0.29) is 12.0 Å². The summed E-state index contributed by atoms with van der Waals surface area (Å²) in [6.07, 6.45) is 2.56. The topological polar surface area (TPSA) is 67.0 Å². The van der Waals surface area contributed by atoms with Gasteiger partial charge in [0.1, 0.15) is 5.69 Å². The molecule has 0 saturated heterocycles. The lowest BCUT2D eigenvalue weighted by atomic mass is 10.1. The third-order valence-corrected chi connectivity index (χ3v) is 3.98. The Balaban J connectivity index is 1.59. The predicted octanol–water partition coefficient (Wildman–Crippen LogP) is 3.14. The molecule has 0 atom stereocenters. The highest BCUT2D eigenvalue weighted by Crippen LogP contribution is 2.38. The highest BCUT2D eigenvalue weighted by Gasteiger charge is 2.26.